The summed E-state index contributed by atoms with van der Waals surface area (Å²) in [6.07, 6.45) is 8.69. The Balaban J connectivity index is 0.882. The molecule has 0 radical (unpaired) electrons. The fourth-order valence-electron chi connectivity index (χ4n) is 11.1. The highest BCUT2D eigenvalue weighted by Crippen LogP contribution is 2.44. The molecule has 2 atom stereocenters. The first-order chi connectivity index (χ1) is 38.6. The predicted octanol–water partition coefficient (Wildman–Crippen LogP) is 4.29. The van der Waals surface area contributed by atoms with Crippen molar-refractivity contribution >= 4 is 63.1 Å². The van der Waals surface area contributed by atoms with Crippen molar-refractivity contribution in [3.63, 3.8) is 0 Å². The van der Waals surface area contributed by atoms with Crippen molar-refractivity contribution in [3.05, 3.63) is 112 Å². The highest BCUT2D eigenvalue weighted by Gasteiger charge is 2.45. The molecule has 10 rings (SSSR count). The van der Waals surface area contributed by atoms with Crippen LogP contribution in [0.2, 0.25) is 0 Å². The molecule has 1 aliphatic carbocycles. The monoisotopic (exact) mass is 1090 g/mol. The second-order valence-corrected chi connectivity index (χ2v) is 21.4. The Bertz CT molecular complexity index is 3430. The summed E-state index contributed by atoms with van der Waals surface area (Å²) in [6, 6.07) is 21.9. The Morgan fingerprint density at radius 2 is 1.71 bits per heavy atom. The maximum atomic E-state index is 13.3. The van der Waals surface area contributed by atoms with Crippen molar-refractivity contribution in [3.8, 4) is 28.7 Å². The van der Waals surface area contributed by atoms with E-state index in [0.717, 1.165) is 97.7 Å². The molecule has 6 aromatic rings. The number of aromatic amines is 1. The molecular weight excluding hydrogens is 1020 g/mol. The highest BCUT2D eigenvalue weighted by molar-refractivity contribution is 6.06. The highest BCUT2D eigenvalue weighted by atomic mass is 16.6. The average Bonchev–Trinajstić information content (AvgIpc) is 4.27. The van der Waals surface area contributed by atoms with Crippen LogP contribution < -0.4 is 47.1 Å². The lowest BCUT2D eigenvalue weighted by molar-refractivity contribution is -0.133. The molecule has 3 aromatic heterocycles. The van der Waals surface area contributed by atoms with E-state index < -0.39 is 35.4 Å². The number of aryl methyl sites for hydroxylation is 1. The summed E-state index contributed by atoms with van der Waals surface area (Å²) < 4.78 is 20.7. The maximum Gasteiger partial charge on any atom is 0.328 e. The number of rotatable bonds is 19. The summed E-state index contributed by atoms with van der Waals surface area (Å²) in [7, 11) is 3.28. The van der Waals surface area contributed by atoms with Crippen molar-refractivity contribution < 1.29 is 38.2 Å². The van der Waals surface area contributed by atoms with E-state index in [-0.39, 0.29) is 55.8 Å². The second kappa shape index (κ2) is 23.7. The third-order valence-corrected chi connectivity index (χ3v) is 15.7. The molecule has 21 heteroatoms. The number of fused-ring (bicyclic) bond motifs is 2. The molecule has 0 bridgehead atoms. The number of urea groups is 1. The lowest BCUT2D eigenvalue weighted by atomic mass is 9.87. The van der Waals surface area contributed by atoms with Gasteiger partial charge >= 0.3 is 6.03 Å². The molecule has 3 saturated heterocycles. The molecule has 6 heterocycles. The molecule has 21 nitrogen and oxygen atoms in total. The number of imide groups is 1. The van der Waals surface area contributed by atoms with Crippen molar-refractivity contribution in [1.82, 2.24) is 45.7 Å². The maximum absolute atomic E-state index is 13.3. The largest absolute Gasteiger partial charge is 0.495 e. The van der Waals surface area contributed by atoms with Gasteiger partial charge in [-0.2, -0.15) is 0 Å². The van der Waals surface area contributed by atoms with Crippen LogP contribution in [0.3, 0.4) is 0 Å². The van der Waals surface area contributed by atoms with E-state index in [1.54, 1.807) is 31.0 Å². The number of hydrogen-bond acceptors (Lipinski definition) is 14. The Hall–Kier alpha value is -8.16. The van der Waals surface area contributed by atoms with Crippen molar-refractivity contribution in [2.45, 2.75) is 94.5 Å². The van der Waals surface area contributed by atoms with Gasteiger partial charge in [-0.15, -0.1) is 0 Å². The van der Waals surface area contributed by atoms with Gasteiger partial charge in [-0.3, -0.25) is 34.2 Å². The van der Waals surface area contributed by atoms with Crippen molar-refractivity contribution in [2.75, 3.05) is 69.5 Å². The molecule has 4 fully saturated rings. The molecule has 3 aromatic carbocycles. The minimum atomic E-state index is -1.33. The van der Waals surface area contributed by atoms with Crippen LogP contribution in [0.15, 0.2) is 90.0 Å². The molecule has 4 aliphatic rings. The van der Waals surface area contributed by atoms with Crippen molar-refractivity contribution in [1.29, 1.82) is 0 Å². The number of ether oxygens (including phenoxy) is 3. The van der Waals surface area contributed by atoms with E-state index in [0.29, 0.717) is 46.7 Å². The van der Waals surface area contributed by atoms with Gasteiger partial charge in [0.15, 0.2) is 5.60 Å². The van der Waals surface area contributed by atoms with E-state index in [2.05, 4.69) is 60.9 Å². The summed E-state index contributed by atoms with van der Waals surface area (Å²) in [5.41, 5.74) is 9.40. The first-order valence-corrected chi connectivity index (χ1v) is 27.3. The SMILES string of the molecule is COc1ccc(C#CCNC2(C)CCN(C3CCN(c4nc([C@@](COCNC(=O)[C@H](CC(N)=O)NC(C)=O)(OC5CC5)c5ccccc5)c5cc(-c6cn(C)c(=O)c7[nH]ccc67)ccc5n4)CC3)CC2)cc1N1CCC(=O)NC1=O. The minimum Gasteiger partial charge on any atom is -0.495 e. The zero-order chi connectivity index (χ0) is 56.1. The Morgan fingerprint density at radius 3 is 2.42 bits per heavy atom. The van der Waals surface area contributed by atoms with E-state index in [4.69, 9.17) is 29.9 Å². The minimum absolute atomic E-state index is 0.0854. The number of nitrogens with two attached hydrogens (primary N) is 1. The number of piperidine rings is 2. The molecule has 0 spiro atoms. The fraction of sp³-hybridized carbons (Fsp3) is 0.424. The zero-order valence-corrected chi connectivity index (χ0v) is 45.6. The van der Waals surface area contributed by atoms with Gasteiger partial charge < -0.3 is 55.2 Å². The van der Waals surface area contributed by atoms with E-state index in [9.17, 15) is 28.8 Å². The third-order valence-electron chi connectivity index (χ3n) is 15.7. The molecule has 7 N–H and O–H groups in total. The predicted molar refractivity (Wildman–Crippen MR) is 302 cm³/mol. The van der Waals surface area contributed by atoms with Gasteiger partial charge in [0.05, 0.1) is 49.7 Å². The number of methoxy groups -OCH3 is 1. The number of primary amides is 1. The van der Waals surface area contributed by atoms with Crippen LogP contribution >= 0.6 is 0 Å². The number of aromatic nitrogens is 4. The Kier molecular flexibility index (Phi) is 16.3. The zero-order valence-electron chi connectivity index (χ0n) is 45.6. The molecule has 0 unspecified atom stereocenters. The quantitative estimate of drug-likeness (QED) is 0.0376. The summed E-state index contributed by atoms with van der Waals surface area (Å²) >= 11 is 0. The molecule has 418 valence electrons. The number of nitrogens with zero attached hydrogens (tertiary/aromatic N) is 6. The summed E-state index contributed by atoms with van der Waals surface area (Å²) in [5.74, 6) is 5.44. The van der Waals surface area contributed by atoms with E-state index in [1.807, 2.05) is 66.9 Å². The lowest BCUT2D eigenvalue weighted by Gasteiger charge is -2.45. The summed E-state index contributed by atoms with van der Waals surface area (Å²) in [4.78, 5) is 95.0. The number of H-pyrrole nitrogens is 1. The van der Waals surface area contributed by atoms with Gasteiger partial charge in [0, 0.05) is 99.0 Å². The number of hydrogen-bond donors (Lipinski definition) is 6. The van der Waals surface area contributed by atoms with E-state index >= 15 is 0 Å². The standard InChI is InChI=1S/C59H68N12O9/c1-37(72)64-47(33-50(60)73)54(75)62-36-79-35-59(80-42-14-15-42,40-10-6-5-7-11-40)53-44-32-39(45-34-68(3)55(76)52-43(45)18-25-61-52)13-16-46(44)65-56(67-53)70-26-19-41(20-27-70)69-29-22-58(2,23-30-69)63-24-8-9-38-12-17-49(78-4)48(31-38)71-28-21-51(74)66-57(71)77/h5-7,10-13,16-18,25,31-32,34,41-42,47,61,63H,14-15,19-24,26-30,33,35-36H2,1-4H3,(H2,60,73)(H,62,75)(H,64,72)(H,66,74,77)/t47-,59-/m0/s1. The molecule has 6 amide bonds. The average molecular weight is 1090 g/mol. The molecular formula is C59H68N12O9. The number of carbonyl (C=O) groups excluding carboxylic acids is 5. The van der Waals surface area contributed by atoms with Crippen LogP contribution in [-0.4, -0.2) is 138 Å². The number of amides is 6. The topological polar surface area (TPSA) is 260 Å². The van der Waals surface area contributed by atoms with Crippen LogP contribution in [0.25, 0.3) is 32.9 Å². The Morgan fingerprint density at radius 1 is 0.938 bits per heavy atom. The van der Waals surface area contributed by atoms with Gasteiger partial charge in [0.2, 0.25) is 29.6 Å². The van der Waals surface area contributed by atoms with Crippen molar-refractivity contribution in [2.24, 2.45) is 12.8 Å². The first-order valence-electron chi connectivity index (χ1n) is 27.3. The molecule has 1 saturated carbocycles. The van der Waals surface area contributed by atoms with Gasteiger partial charge in [-0.1, -0.05) is 48.2 Å². The lowest BCUT2D eigenvalue weighted by Crippen LogP contribution is -2.55. The summed E-state index contributed by atoms with van der Waals surface area (Å²) in [6.45, 7) is 7.21. The van der Waals surface area contributed by atoms with Crippen LogP contribution in [0.5, 0.6) is 5.75 Å². The van der Waals surface area contributed by atoms with Crippen LogP contribution in [-0.2, 0) is 41.3 Å². The number of pyridine rings is 1. The van der Waals surface area contributed by atoms with Gasteiger partial charge in [-0.25, -0.2) is 14.8 Å². The third kappa shape index (κ3) is 12.2. The number of likely N-dealkylation sites (tertiary alicyclic amines) is 1. The molecule has 80 heavy (non-hydrogen) atoms. The van der Waals surface area contributed by atoms with Gasteiger partial charge in [0.1, 0.15) is 24.0 Å². The number of anilines is 2. The fourth-order valence-corrected chi connectivity index (χ4v) is 11.1. The van der Waals surface area contributed by atoms with Crippen LogP contribution in [0, 0.1) is 11.8 Å². The van der Waals surface area contributed by atoms with Gasteiger partial charge in [0.25, 0.3) is 5.56 Å². The number of carbonyl (C=O) groups is 5. The smallest absolute Gasteiger partial charge is 0.328 e. The number of benzene rings is 3. The molecule has 3 aliphatic heterocycles. The second-order valence-electron chi connectivity index (χ2n) is 21.4. The van der Waals surface area contributed by atoms with Crippen LogP contribution in [0.4, 0.5) is 16.4 Å². The normalized spacial score (nSPS) is 18.0. The van der Waals surface area contributed by atoms with E-state index in [1.165, 1.54) is 11.8 Å². The summed E-state index contributed by atoms with van der Waals surface area (Å²) in [5, 5.41) is 12.8. The van der Waals surface area contributed by atoms with Gasteiger partial charge in [-0.05, 0) is 93.0 Å². The van der Waals surface area contributed by atoms with Crippen LogP contribution in [0.1, 0.15) is 82.0 Å². The number of nitrogens with one attached hydrogen (secondary N) is 5. The Labute approximate surface area is 463 Å². The first kappa shape index (κ1) is 55.2.